The predicted octanol–water partition coefficient (Wildman–Crippen LogP) is 10.3. The molecule has 0 saturated carbocycles. The summed E-state index contributed by atoms with van der Waals surface area (Å²) >= 11 is 0. The molecule has 2 aliphatic heterocycles. The molecule has 16 heteroatoms. The van der Waals surface area contributed by atoms with Gasteiger partial charge in [-0.25, -0.2) is 27.5 Å². The van der Waals surface area contributed by atoms with Gasteiger partial charge in [0, 0.05) is 35.4 Å². The Hall–Kier alpha value is -7.10. The van der Waals surface area contributed by atoms with Crippen LogP contribution in [0.1, 0.15) is 47.3 Å². The topological polar surface area (TPSA) is 149 Å². The highest BCUT2D eigenvalue weighted by Crippen LogP contribution is 2.40. The highest BCUT2D eigenvalue weighted by atomic mass is 19.1. The van der Waals surface area contributed by atoms with Gasteiger partial charge in [-0.1, -0.05) is 0 Å². The van der Waals surface area contributed by atoms with Crippen molar-refractivity contribution < 1.29 is 46.4 Å². The smallest absolute Gasteiger partial charge is 0.287 e. The first-order valence-corrected chi connectivity index (χ1v) is 17.0. The third-order valence-electron chi connectivity index (χ3n) is 8.87. The van der Waals surface area contributed by atoms with Crippen molar-refractivity contribution in [3.63, 3.8) is 0 Å². The van der Waals surface area contributed by atoms with Crippen molar-refractivity contribution >= 4 is 11.4 Å². The molecule has 4 heterocycles. The van der Waals surface area contributed by atoms with Crippen molar-refractivity contribution in [3.05, 3.63) is 175 Å². The molecule has 0 saturated heterocycles. The lowest BCUT2D eigenvalue weighted by molar-refractivity contribution is -0.385. The molecule has 0 amide bonds. The van der Waals surface area contributed by atoms with Gasteiger partial charge in [-0.2, -0.15) is 0 Å². The molecular weight excluding hydrogens is 740 g/mol. The maximum absolute atomic E-state index is 14.0. The molecule has 0 aliphatic carbocycles. The van der Waals surface area contributed by atoms with E-state index in [1.165, 1.54) is 24.3 Å². The average molecular weight is 769 g/mol. The van der Waals surface area contributed by atoms with Crippen LogP contribution in [-0.4, -0.2) is 19.8 Å². The minimum atomic E-state index is -0.564. The van der Waals surface area contributed by atoms with Crippen LogP contribution in [-0.2, 0) is 12.8 Å². The first kappa shape index (κ1) is 37.2. The Labute approximate surface area is 315 Å². The molecule has 2 aliphatic rings. The maximum Gasteiger partial charge on any atom is 0.287 e. The molecule has 2 atom stereocenters. The van der Waals surface area contributed by atoms with Gasteiger partial charge >= 0.3 is 0 Å². The zero-order chi connectivity index (χ0) is 39.3. The molecule has 0 radical (unpaired) electrons. The molecule has 6 aromatic rings. The van der Waals surface area contributed by atoms with Gasteiger partial charge in [0.05, 0.1) is 9.85 Å². The Kier molecular flexibility index (Phi) is 10.7. The van der Waals surface area contributed by atoms with Gasteiger partial charge in [0.1, 0.15) is 70.9 Å². The van der Waals surface area contributed by atoms with E-state index in [2.05, 4.69) is 9.97 Å². The van der Waals surface area contributed by atoms with Crippen molar-refractivity contribution in [2.75, 3.05) is 0 Å². The lowest BCUT2D eigenvalue weighted by atomic mass is 9.97. The lowest BCUT2D eigenvalue weighted by Crippen LogP contribution is -2.16. The van der Waals surface area contributed by atoms with Gasteiger partial charge in [0.25, 0.3) is 11.4 Å². The fourth-order valence-electron chi connectivity index (χ4n) is 6.14. The molecule has 56 heavy (non-hydrogen) atoms. The summed E-state index contributed by atoms with van der Waals surface area (Å²) < 4.78 is 77.8. The normalized spacial score (nSPS) is 15.4. The SMILES string of the molecule is O=[N+]([O-])c1ccc(Oc2ccc3c(c2)CCC(c2cc(F)ccc2F)O3)nc1.O=[N+]([O-])c1ccc(Oc2ccc3c(c2)CCC(c2cc(F)ccc2F)O3)nc1. The Morgan fingerprint density at radius 3 is 1.38 bits per heavy atom. The van der Waals surface area contributed by atoms with Crippen LogP contribution < -0.4 is 18.9 Å². The van der Waals surface area contributed by atoms with Crippen molar-refractivity contribution in [3.8, 4) is 34.8 Å². The second-order valence-corrected chi connectivity index (χ2v) is 12.6. The van der Waals surface area contributed by atoms with Gasteiger partial charge < -0.3 is 18.9 Å². The Morgan fingerprint density at radius 2 is 1.00 bits per heavy atom. The zero-order valence-corrected chi connectivity index (χ0v) is 28.9. The number of halogens is 4. The van der Waals surface area contributed by atoms with E-state index in [0.717, 1.165) is 59.9 Å². The molecule has 0 N–H and O–H groups in total. The number of nitro groups is 2. The van der Waals surface area contributed by atoms with Gasteiger partial charge in [0.15, 0.2) is 0 Å². The molecule has 284 valence electrons. The predicted molar refractivity (Wildman–Crippen MR) is 191 cm³/mol. The number of ether oxygens (including phenoxy) is 4. The van der Waals surface area contributed by atoms with Crippen LogP contribution in [0.2, 0.25) is 0 Å². The molecule has 12 nitrogen and oxygen atoms in total. The molecule has 2 aromatic heterocycles. The maximum atomic E-state index is 14.0. The lowest BCUT2D eigenvalue weighted by Gasteiger charge is -2.27. The van der Waals surface area contributed by atoms with Crippen molar-refractivity contribution in [1.82, 2.24) is 9.97 Å². The molecule has 0 spiro atoms. The molecule has 4 aromatic carbocycles. The van der Waals surface area contributed by atoms with Gasteiger partial charge in [-0.3, -0.25) is 20.2 Å². The number of benzene rings is 4. The Bertz CT molecular complexity index is 2250. The van der Waals surface area contributed by atoms with E-state index in [1.54, 1.807) is 36.4 Å². The van der Waals surface area contributed by atoms with Crippen molar-refractivity contribution in [2.24, 2.45) is 0 Å². The summed E-state index contributed by atoms with van der Waals surface area (Å²) in [6, 6.07) is 22.3. The van der Waals surface area contributed by atoms with Gasteiger partial charge in [-0.05, 0) is 110 Å². The summed E-state index contributed by atoms with van der Waals surface area (Å²) in [7, 11) is 0. The fraction of sp³-hybridized carbons (Fsp3) is 0.150. The number of fused-ring (bicyclic) bond motifs is 2. The highest BCUT2D eigenvalue weighted by Gasteiger charge is 2.26. The standard InChI is InChI=1S/2C20H14F2N2O4/c2*21-13-2-5-17(22)16(10-13)19-6-1-12-9-15(4-7-18(12)28-19)27-20-8-3-14(11-23-20)24(25)26/h2*2-5,7-11,19H,1,6H2. The van der Waals surface area contributed by atoms with E-state index in [0.29, 0.717) is 48.7 Å². The summed E-state index contributed by atoms with van der Waals surface area (Å²) in [5.41, 5.74) is 1.88. The number of hydrogen-bond acceptors (Lipinski definition) is 10. The van der Waals surface area contributed by atoms with E-state index in [1.807, 2.05) is 0 Å². The first-order valence-electron chi connectivity index (χ1n) is 17.0. The van der Waals surface area contributed by atoms with E-state index in [9.17, 15) is 37.8 Å². The van der Waals surface area contributed by atoms with E-state index in [4.69, 9.17) is 18.9 Å². The quantitative estimate of drug-likeness (QED) is 0.0832. The summed E-state index contributed by atoms with van der Waals surface area (Å²) in [6.45, 7) is 0. The minimum absolute atomic E-state index is 0.123. The van der Waals surface area contributed by atoms with Crippen LogP contribution in [0, 0.1) is 43.5 Å². The van der Waals surface area contributed by atoms with Gasteiger partial charge in [-0.15, -0.1) is 0 Å². The monoisotopic (exact) mass is 768 g/mol. The largest absolute Gasteiger partial charge is 0.485 e. The minimum Gasteiger partial charge on any atom is -0.485 e. The average Bonchev–Trinajstić information content (AvgIpc) is 3.20. The summed E-state index contributed by atoms with van der Waals surface area (Å²) in [4.78, 5) is 28.1. The van der Waals surface area contributed by atoms with E-state index in [-0.39, 0.29) is 34.3 Å². The highest BCUT2D eigenvalue weighted by molar-refractivity contribution is 5.45. The molecule has 8 rings (SSSR count). The van der Waals surface area contributed by atoms with E-state index >= 15 is 0 Å². The Morgan fingerprint density at radius 1 is 0.571 bits per heavy atom. The molecule has 0 fully saturated rings. The van der Waals surface area contributed by atoms with Crippen molar-refractivity contribution in [2.45, 2.75) is 37.9 Å². The number of aromatic nitrogens is 2. The summed E-state index contributed by atoms with van der Waals surface area (Å²) in [5.74, 6) is 0.573. The number of hydrogen-bond donors (Lipinski definition) is 0. The van der Waals surface area contributed by atoms with Crippen molar-refractivity contribution in [1.29, 1.82) is 0 Å². The van der Waals surface area contributed by atoms with Crippen LogP contribution in [0.3, 0.4) is 0 Å². The zero-order valence-electron chi connectivity index (χ0n) is 28.9. The number of nitrogens with zero attached hydrogens (tertiary/aromatic N) is 4. The third kappa shape index (κ3) is 8.65. The number of aryl methyl sites for hydroxylation is 2. The molecule has 0 bridgehead atoms. The second kappa shape index (κ2) is 16.1. The third-order valence-corrected chi connectivity index (χ3v) is 8.87. The van der Waals surface area contributed by atoms with Crippen LogP contribution in [0.5, 0.6) is 34.8 Å². The van der Waals surface area contributed by atoms with Crippen LogP contribution in [0.15, 0.2) is 109 Å². The molecule has 2 unspecified atom stereocenters. The van der Waals surface area contributed by atoms with Crippen LogP contribution in [0.25, 0.3) is 0 Å². The van der Waals surface area contributed by atoms with Crippen LogP contribution >= 0.6 is 0 Å². The first-order chi connectivity index (χ1) is 27.0. The van der Waals surface area contributed by atoms with E-state index < -0.39 is 45.3 Å². The number of pyridine rings is 2. The molecular formula is C40H28F4N4O8. The second-order valence-electron chi connectivity index (χ2n) is 12.6. The van der Waals surface area contributed by atoms with Crippen LogP contribution in [0.4, 0.5) is 28.9 Å². The summed E-state index contributed by atoms with van der Waals surface area (Å²) in [6.07, 6.45) is 3.29. The van der Waals surface area contributed by atoms with Gasteiger partial charge in [0.2, 0.25) is 11.8 Å². The number of rotatable bonds is 8. The fourth-order valence-corrected chi connectivity index (χ4v) is 6.14. The summed E-state index contributed by atoms with van der Waals surface area (Å²) in [5, 5.41) is 21.3. The Balaban J connectivity index is 0.000000172.